The molecule has 0 saturated heterocycles. The highest BCUT2D eigenvalue weighted by Gasteiger charge is 2.37. The Morgan fingerprint density at radius 2 is 1.94 bits per heavy atom. The van der Waals surface area contributed by atoms with Crippen LogP contribution in [0.4, 0.5) is 13.2 Å². The van der Waals surface area contributed by atoms with Crippen molar-refractivity contribution >= 4 is 28.0 Å². The molecule has 3 aromatic heterocycles. The molecule has 92 valence electrons. The van der Waals surface area contributed by atoms with Gasteiger partial charge in [0, 0.05) is 17.1 Å². The third kappa shape index (κ3) is 1.53. The molecule has 0 saturated carbocycles. The van der Waals surface area contributed by atoms with E-state index in [-0.39, 0.29) is 16.1 Å². The number of nitrogens with zero attached hydrogens (tertiary/aromatic N) is 3. The van der Waals surface area contributed by atoms with E-state index in [9.17, 15) is 13.2 Å². The number of aromatic nitrogens is 3. The van der Waals surface area contributed by atoms with Gasteiger partial charge in [0.2, 0.25) is 0 Å². The van der Waals surface area contributed by atoms with Crippen LogP contribution in [0.5, 0.6) is 0 Å². The van der Waals surface area contributed by atoms with E-state index in [1.165, 1.54) is 10.6 Å². The van der Waals surface area contributed by atoms with Gasteiger partial charge >= 0.3 is 6.18 Å². The summed E-state index contributed by atoms with van der Waals surface area (Å²) in [4.78, 5) is 0. The summed E-state index contributed by atoms with van der Waals surface area (Å²) in [5, 5.41) is 6.72. The Kier molecular flexibility index (Phi) is 2.25. The molecule has 0 aliphatic rings. The zero-order valence-corrected chi connectivity index (χ0v) is 9.50. The van der Waals surface area contributed by atoms with E-state index in [4.69, 9.17) is 11.6 Å². The van der Waals surface area contributed by atoms with E-state index >= 15 is 0 Å². The van der Waals surface area contributed by atoms with Crippen LogP contribution < -0.4 is 0 Å². The fourth-order valence-electron chi connectivity index (χ4n) is 1.91. The maximum atomic E-state index is 12.9. The van der Waals surface area contributed by atoms with Gasteiger partial charge in [-0.15, -0.1) is 10.2 Å². The van der Waals surface area contributed by atoms with Crippen LogP contribution in [0.1, 0.15) is 5.69 Å². The van der Waals surface area contributed by atoms with E-state index in [0.717, 1.165) is 0 Å². The van der Waals surface area contributed by atoms with Gasteiger partial charge in [0.1, 0.15) is 0 Å². The summed E-state index contributed by atoms with van der Waals surface area (Å²) in [6.07, 6.45) is -3.04. The molecule has 7 heteroatoms. The molecule has 0 unspecified atom stereocenters. The maximum absolute atomic E-state index is 12.9. The van der Waals surface area contributed by atoms with E-state index in [0.29, 0.717) is 5.52 Å². The summed E-state index contributed by atoms with van der Waals surface area (Å²) in [6, 6.07) is 6.62. The molecule has 0 spiro atoms. The highest BCUT2D eigenvalue weighted by molar-refractivity contribution is 6.34. The molecule has 0 atom stereocenters. The highest BCUT2D eigenvalue weighted by Crippen LogP contribution is 2.35. The summed E-state index contributed by atoms with van der Waals surface area (Å²) in [5.74, 6) is 0. The first-order valence-corrected chi connectivity index (χ1v) is 5.35. The third-order valence-electron chi connectivity index (χ3n) is 2.63. The van der Waals surface area contributed by atoms with Crippen LogP contribution in [-0.4, -0.2) is 14.6 Å². The first-order valence-electron chi connectivity index (χ1n) is 4.97. The number of hydrogen-bond donors (Lipinski definition) is 0. The summed E-state index contributed by atoms with van der Waals surface area (Å²) in [6.45, 7) is 0. The molecular formula is C11H5ClF3N3. The quantitative estimate of drug-likeness (QED) is 0.626. The normalized spacial score (nSPS) is 12.4. The van der Waals surface area contributed by atoms with Gasteiger partial charge in [0.15, 0.2) is 10.8 Å². The molecule has 0 radical (unpaired) electrons. The van der Waals surface area contributed by atoms with Crippen molar-refractivity contribution < 1.29 is 13.2 Å². The number of hydrogen-bond acceptors (Lipinski definition) is 2. The molecule has 0 aliphatic heterocycles. The predicted molar refractivity (Wildman–Crippen MR) is 60.5 cm³/mol. The molecule has 18 heavy (non-hydrogen) atoms. The zero-order valence-electron chi connectivity index (χ0n) is 8.74. The van der Waals surface area contributed by atoms with Crippen LogP contribution >= 0.6 is 11.6 Å². The number of fused-ring (bicyclic) bond motifs is 3. The van der Waals surface area contributed by atoms with Crippen molar-refractivity contribution in [2.24, 2.45) is 0 Å². The van der Waals surface area contributed by atoms with Crippen LogP contribution in [0.15, 0.2) is 30.5 Å². The van der Waals surface area contributed by atoms with Crippen LogP contribution in [0, 0.1) is 0 Å². The Morgan fingerprint density at radius 1 is 1.17 bits per heavy atom. The van der Waals surface area contributed by atoms with E-state index < -0.39 is 11.9 Å². The van der Waals surface area contributed by atoms with Crippen molar-refractivity contribution in [1.29, 1.82) is 0 Å². The largest absolute Gasteiger partial charge is 0.437 e. The summed E-state index contributed by atoms with van der Waals surface area (Å²) in [7, 11) is 0. The fourth-order valence-corrected chi connectivity index (χ4v) is 2.09. The van der Waals surface area contributed by atoms with Crippen LogP contribution in [-0.2, 0) is 6.18 Å². The van der Waals surface area contributed by atoms with Gasteiger partial charge in [0.25, 0.3) is 0 Å². The van der Waals surface area contributed by atoms with Crippen molar-refractivity contribution in [3.05, 3.63) is 41.3 Å². The predicted octanol–water partition coefficient (Wildman–Crippen LogP) is 3.55. The molecular weight excluding hydrogens is 267 g/mol. The van der Waals surface area contributed by atoms with Crippen LogP contribution in [0.2, 0.25) is 5.15 Å². The molecule has 0 fully saturated rings. The Bertz CT molecular complexity index is 748. The SMILES string of the molecule is FC(F)(F)c1nnc(Cl)c2cc3ccccn3c12. The van der Waals surface area contributed by atoms with Gasteiger partial charge in [-0.2, -0.15) is 13.2 Å². The minimum Gasteiger partial charge on any atom is -0.314 e. The molecule has 3 aromatic rings. The lowest BCUT2D eigenvalue weighted by molar-refractivity contribution is -0.140. The lowest BCUT2D eigenvalue weighted by Crippen LogP contribution is -2.11. The zero-order chi connectivity index (χ0) is 12.9. The van der Waals surface area contributed by atoms with Crippen molar-refractivity contribution in [2.45, 2.75) is 6.18 Å². The minimum atomic E-state index is -4.57. The van der Waals surface area contributed by atoms with Gasteiger partial charge in [0.05, 0.1) is 5.52 Å². The average Bonchev–Trinajstić information content (AvgIpc) is 2.68. The third-order valence-corrected chi connectivity index (χ3v) is 2.91. The Morgan fingerprint density at radius 3 is 2.67 bits per heavy atom. The average molecular weight is 272 g/mol. The van der Waals surface area contributed by atoms with Crippen LogP contribution in [0.25, 0.3) is 16.4 Å². The standard InChI is InChI=1S/C11H5ClF3N3/c12-10-7-5-6-3-1-2-4-18(6)8(7)9(16-17-10)11(13,14)15/h1-5H. The molecule has 0 amide bonds. The second kappa shape index (κ2) is 3.58. The fraction of sp³-hybridized carbons (Fsp3) is 0.0909. The molecule has 3 nitrogen and oxygen atoms in total. The molecule has 3 rings (SSSR count). The van der Waals surface area contributed by atoms with Gasteiger partial charge in [-0.1, -0.05) is 17.7 Å². The summed E-state index contributed by atoms with van der Waals surface area (Å²) in [5.41, 5.74) is -0.499. The van der Waals surface area contributed by atoms with Gasteiger partial charge in [-0.3, -0.25) is 0 Å². The second-order valence-electron chi connectivity index (χ2n) is 3.74. The topological polar surface area (TPSA) is 30.2 Å². The molecule has 0 aliphatic carbocycles. The monoisotopic (exact) mass is 271 g/mol. The molecule has 0 aromatic carbocycles. The van der Waals surface area contributed by atoms with Crippen molar-refractivity contribution in [3.8, 4) is 0 Å². The smallest absolute Gasteiger partial charge is 0.314 e. The first kappa shape index (κ1) is 11.3. The van der Waals surface area contributed by atoms with Crippen molar-refractivity contribution in [1.82, 2.24) is 14.6 Å². The number of pyridine rings is 1. The van der Waals surface area contributed by atoms with Crippen molar-refractivity contribution in [2.75, 3.05) is 0 Å². The number of alkyl halides is 3. The summed E-state index contributed by atoms with van der Waals surface area (Å²) >= 11 is 5.80. The Labute approximate surface area is 104 Å². The van der Waals surface area contributed by atoms with Gasteiger partial charge in [-0.25, -0.2) is 0 Å². The van der Waals surface area contributed by atoms with Gasteiger partial charge < -0.3 is 4.40 Å². The second-order valence-corrected chi connectivity index (χ2v) is 4.10. The van der Waals surface area contributed by atoms with E-state index in [1.807, 2.05) is 0 Å². The van der Waals surface area contributed by atoms with E-state index in [1.54, 1.807) is 24.3 Å². The van der Waals surface area contributed by atoms with Crippen LogP contribution in [0.3, 0.4) is 0 Å². The maximum Gasteiger partial charge on any atom is 0.437 e. The lowest BCUT2D eigenvalue weighted by Gasteiger charge is -2.07. The summed E-state index contributed by atoms with van der Waals surface area (Å²) < 4.78 is 40.1. The molecule has 0 N–H and O–H groups in total. The highest BCUT2D eigenvalue weighted by atomic mass is 35.5. The first-order chi connectivity index (χ1) is 8.48. The number of halogens is 4. The van der Waals surface area contributed by atoms with Crippen molar-refractivity contribution in [3.63, 3.8) is 0 Å². The number of rotatable bonds is 0. The van der Waals surface area contributed by atoms with E-state index in [2.05, 4.69) is 10.2 Å². The Balaban J connectivity index is 2.56. The Hall–Kier alpha value is -1.82. The lowest BCUT2D eigenvalue weighted by atomic mass is 10.3. The minimum absolute atomic E-state index is 0.0401. The molecule has 0 bridgehead atoms. The molecule has 3 heterocycles. The van der Waals surface area contributed by atoms with Gasteiger partial charge in [-0.05, 0) is 18.2 Å².